The Hall–Kier alpha value is -2.42. The normalized spacial score (nSPS) is 16.3. The Morgan fingerprint density at radius 1 is 1.44 bits per heavy atom. The first-order valence-corrected chi connectivity index (χ1v) is 8.11. The molecular formula is C16H14B3F2N5O. The summed E-state index contributed by atoms with van der Waals surface area (Å²) in [6.07, 6.45) is 3.77. The number of ether oxygens (including phenoxy) is 1. The highest BCUT2D eigenvalue weighted by molar-refractivity contribution is 6.58. The highest BCUT2D eigenvalue weighted by atomic mass is 19.1. The van der Waals surface area contributed by atoms with E-state index in [1.54, 1.807) is 6.07 Å². The molecule has 0 unspecified atom stereocenters. The summed E-state index contributed by atoms with van der Waals surface area (Å²) in [5.41, 5.74) is 5.98. The van der Waals surface area contributed by atoms with Crippen LogP contribution in [0.5, 0.6) is 5.75 Å². The zero-order valence-electron chi connectivity index (χ0n) is 14.4. The maximum Gasteiger partial charge on any atom is 0.157 e. The Bertz CT molecular complexity index is 947. The van der Waals surface area contributed by atoms with Crippen LogP contribution in [0.3, 0.4) is 0 Å². The lowest BCUT2D eigenvalue weighted by Crippen LogP contribution is -2.38. The van der Waals surface area contributed by atoms with E-state index in [-0.39, 0.29) is 17.3 Å². The van der Waals surface area contributed by atoms with E-state index in [1.807, 2.05) is 0 Å². The minimum absolute atomic E-state index is 0.130. The van der Waals surface area contributed by atoms with Gasteiger partial charge in [-0.05, 0) is 24.9 Å². The van der Waals surface area contributed by atoms with Crippen LogP contribution in [0.1, 0.15) is 30.1 Å². The molecule has 1 aliphatic carbocycles. The Kier molecular flexibility index (Phi) is 5.23. The predicted octanol–water partition coefficient (Wildman–Crippen LogP) is 1.25. The van der Waals surface area contributed by atoms with Crippen molar-refractivity contribution >= 4 is 41.6 Å². The molecule has 6 nitrogen and oxygen atoms in total. The monoisotopic (exact) mass is 363 g/mol. The zero-order chi connectivity index (χ0) is 19.8. The van der Waals surface area contributed by atoms with Crippen LogP contribution in [0.4, 0.5) is 8.78 Å². The number of rotatable bonds is 7. The summed E-state index contributed by atoms with van der Waals surface area (Å²) in [7, 11) is 16.6. The van der Waals surface area contributed by atoms with E-state index in [0.717, 1.165) is 12.8 Å². The fourth-order valence-corrected chi connectivity index (χ4v) is 2.53. The van der Waals surface area contributed by atoms with Crippen LogP contribution in [0.15, 0.2) is 35.0 Å². The standard InChI is InChI=1S/C16H14B3F2N5O/c1-23-15(10(21)4-9(20)6-22)11-7-24-13-5-12(27-16(17,18)19)14(8-2-3-8)25-26(11)13/h4-5,7-8H,1-3,6,22H2/b9-4+,15-10+. The van der Waals surface area contributed by atoms with Gasteiger partial charge < -0.3 is 10.5 Å². The van der Waals surface area contributed by atoms with E-state index in [4.69, 9.17) is 34.0 Å². The van der Waals surface area contributed by atoms with Crippen molar-refractivity contribution in [3.63, 3.8) is 0 Å². The lowest BCUT2D eigenvalue weighted by molar-refractivity contribution is 0.312. The molecule has 27 heavy (non-hydrogen) atoms. The van der Waals surface area contributed by atoms with Crippen molar-refractivity contribution in [1.82, 2.24) is 14.6 Å². The van der Waals surface area contributed by atoms with Gasteiger partial charge in [-0.15, -0.1) is 0 Å². The van der Waals surface area contributed by atoms with Crippen molar-refractivity contribution < 1.29 is 13.5 Å². The van der Waals surface area contributed by atoms with E-state index in [1.165, 1.54) is 10.7 Å². The molecule has 0 saturated heterocycles. The van der Waals surface area contributed by atoms with Gasteiger partial charge in [0.2, 0.25) is 0 Å². The molecule has 132 valence electrons. The molecule has 1 fully saturated rings. The second-order valence-electron chi connectivity index (χ2n) is 6.19. The fourth-order valence-electron chi connectivity index (χ4n) is 2.53. The molecule has 0 atom stereocenters. The number of nitrogens with zero attached hydrogens (tertiary/aromatic N) is 4. The van der Waals surface area contributed by atoms with E-state index in [2.05, 4.69) is 21.8 Å². The van der Waals surface area contributed by atoms with Crippen LogP contribution in [0.25, 0.3) is 11.3 Å². The summed E-state index contributed by atoms with van der Waals surface area (Å²) >= 11 is 0. The average Bonchev–Trinajstić information content (AvgIpc) is 3.35. The topological polar surface area (TPSA) is 77.8 Å². The maximum atomic E-state index is 14.4. The number of aliphatic imine (C=N–C) groups is 1. The van der Waals surface area contributed by atoms with Crippen molar-refractivity contribution in [3.05, 3.63) is 41.4 Å². The molecule has 2 aromatic heterocycles. The SMILES string of the molecule is [B]C([B])([B])Oc1cc2ncc(/C(N=C)=C(F)/C=C(/F)CN)n2nc1C1CC1. The van der Waals surface area contributed by atoms with E-state index >= 15 is 0 Å². The van der Waals surface area contributed by atoms with Gasteiger partial charge in [-0.1, -0.05) is 0 Å². The minimum atomic E-state index is -1.89. The number of halogens is 2. The van der Waals surface area contributed by atoms with Crippen molar-refractivity contribution in [1.29, 1.82) is 0 Å². The Morgan fingerprint density at radius 2 is 2.15 bits per heavy atom. The number of imidazole rings is 1. The van der Waals surface area contributed by atoms with Crippen molar-refractivity contribution in [2.24, 2.45) is 10.7 Å². The summed E-state index contributed by atoms with van der Waals surface area (Å²) in [6, 6.07) is 1.54. The highest BCUT2D eigenvalue weighted by Gasteiger charge is 2.31. The van der Waals surface area contributed by atoms with Crippen LogP contribution >= 0.6 is 0 Å². The molecule has 0 bridgehead atoms. The molecule has 0 aromatic carbocycles. The first kappa shape index (κ1) is 19.3. The molecule has 6 radical (unpaired) electrons. The Balaban J connectivity index is 2.15. The summed E-state index contributed by atoms with van der Waals surface area (Å²) in [6.45, 7) is 2.90. The number of hydrogen-bond acceptors (Lipinski definition) is 5. The molecule has 0 aliphatic heterocycles. The van der Waals surface area contributed by atoms with Crippen LogP contribution in [-0.4, -0.2) is 56.7 Å². The van der Waals surface area contributed by atoms with Crippen LogP contribution in [0, 0.1) is 0 Å². The summed E-state index contributed by atoms with van der Waals surface area (Å²) in [5.74, 6) is -1.36. The van der Waals surface area contributed by atoms with Gasteiger partial charge >= 0.3 is 0 Å². The van der Waals surface area contributed by atoms with E-state index in [0.29, 0.717) is 23.2 Å². The largest absolute Gasteiger partial charge is 0.514 e. The molecule has 1 saturated carbocycles. The zero-order valence-corrected chi connectivity index (χ0v) is 14.4. The Labute approximate surface area is 158 Å². The molecular weight excluding hydrogens is 349 g/mol. The van der Waals surface area contributed by atoms with Crippen LogP contribution in [-0.2, 0) is 0 Å². The van der Waals surface area contributed by atoms with Gasteiger partial charge in [0.25, 0.3) is 0 Å². The fraction of sp³-hybridized carbons (Fsp3) is 0.312. The van der Waals surface area contributed by atoms with Crippen molar-refractivity contribution in [3.8, 4) is 5.75 Å². The lowest BCUT2D eigenvalue weighted by Gasteiger charge is -2.24. The Morgan fingerprint density at radius 3 is 2.70 bits per heavy atom. The van der Waals surface area contributed by atoms with Gasteiger partial charge in [-0.2, -0.15) is 5.10 Å². The number of allylic oxidation sites excluding steroid dienone is 2. The number of aromatic nitrogens is 3. The lowest BCUT2D eigenvalue weighted by atomic mass is 9.52. The summed E-state index contributed by atoms with van der Waals surface area (Å²) in [5, 5.41) is 2.58. The van der Waals surface area contributed by atoms with E-state index in [9.17, 15) is 8.78 Å². The molecule has 0 spiro atoms. The highest BCUT2D eigenvalue weighted by Crippen LogP contribution is 2.43. The van der Waals surface area contributed by atoms with Gasteiger partial charge in [-0.25, -0.2) is 18.3 Å². The van der Waals surface area contributed by atoms with Crippen LogP contribution in [0.2, 0.25) is 0 Å². The molecule has 2 heterocycles. The molecule has 11 heteroatoms. The van der Waals surface area contributed by atoms with E-state index < -0.39 is 23.5 Å². The smallest absolute Gasteiger partial charge is 0.157 e. The third-order valence-electron chi connectivity index (χ3n) is 3.84. The molecule has 1 aliphatic rings. The molecule has 3 rings (SSSR count). The van der Waals surface area contributed by atoms with Crippen LogP contribution < -0.4 is 10.5 Å². The third-order valence-corrected chi connectivity index (χ3v) is 3.84. The summed E-state index contributed by atoms with van der Waals surface area (Å²) < 4.78 is 34.5. The summed E-state index contributed by atoms with van der Waals surface area (Å²) in [4.78, 5) is 7.80. The minimum Gasteiger partial charge on any atom is -0.514 e. The number of nitrogens with two attached hydrogens (primary N) is 1. The second-order valence-corrected chi connectivity index (χ2v) is 6.19. The number of fused-ring (bicyclic) bond motifs is 1. The molecule has 2 N–H and O–H groups in total. The first-order valence-electron chi connectivity index (χ1n) is 8.11. The molecule has 0 amide bonds. The number of hydrogen-bond donors (Lipinski definition) is 1. The average molecular weight is 363 g/mol. The maximum absolute atomic E-state index is 14.4. The van der Waals surface area contributed by atoms with Crippen molar-refractivity contribution in [2.45, 2.75) is 24.1 Å². The van der Waals surface area contributed by atoms with Gasteiger partial charge in [0, 0.05) is 24.6 Å². The first-order chi connectivity index (χ1) is 12.7. The van der Waals surface area contributed by atoms with Gasteiger partial charge in [0.05, 0.1) is 6.20 Å². The molecule has 2 aromatic rings. The third kappa shape index (κ3) is 4.29. The quantitative estimate of drug-likeness (QED) is 0.457. The van der Waals surface area contributed by atoms with Gasteiger partial charge in [0.1, 0.15) is 52.2 Å². The second kappa shape index (κ2) is 7.30. The van der Waals surface area contributed by atoms with Crippen molar-refractivity contribution in [2.75, 3.05) is 6.54 Å². The predicted molar refractivity (Wildman–Crippen MR) is 101 cm³/mol. The van der Waals surface area contributed by atoms with Gasteiger partial charge in [-0.3, -0.25) is 4.99 Å². The van der Waals surface area contributed by atoms with Gasteiger partial charge in [0.15, 0.2) is 11.5 Å².